The number of hydrogen-bond donors (Lipinski definition) is 1. The Labute approximate surface area is 97.3 Å². The molecule has 0 aliphatic heterocycles. The lowest BCUT2D eigenvalue weighted by atomic mass is 10.3. The van der Waals surface area contributed by atoms with Crippen LogP contribution in [0.15, 0.2) is 22.7 Å². The third-order valence-corrected chi connectivity index (χ3v) is 2.81. The molecule has 0 heterocycles. The van der Waals surface area contributed by atoms with E-state index in [1.165, 1.54) is 0 Å². The second-order valence-electron chi connectivity index (χ2n) is 2.92. The van der Waals surface area contributed by atoms with E-state index in [2.05, 4.69) is 22.2 Å². The van der Waals surface area contributed by atoms with Crippen LogP contribution in [0.4, 0.5) is 5.69 Å². The minimum atomic E-state index is 0.722. The third-order valence-electron chi connectivity index (χ3n) is 1.66. The molecule has 0 saturated carbocycles. The van der Waals surface area contributed by atoms with Gasteiger partial charge in [-0.3, -0.25) is 0 Å². The van der Waals surface area contributed by atoms with Crippen LogP contribution in [0.3, 0.4) is 0 Å². The molecule has 0 bridgehead atoms. The number of thioether (sulfide) groups is 1. The summed E-state index contributed by atoms with van der Waals surface area (Å²) >= 11 is 5.20. The SMILES string of the molecule is CSCCCOc1cc(N)cc(Br)c1. The highest BCUT2D eigenvalue weighted by Crippen LogP contribution is 2.22. The molecule has 1 aromatic carbocycles. The molecule has 0 radical (unpaired) electrons. The molecular formula is C10H14BrNOS. The molecule has 4 heteroatoms. The van der Waals surface area contributed by atoms with Gasteiger partial charge in [-0.25, -0.2) is 0 Å². The summed E-state index contributed by atoms with van der Waals surface area (Å²) in [6.07, 6.45) is 3.16. The summed E-state index contributed by atoms with van der Waals surface area (Å²) < 4.78 is 6.50. The lowest BCUT2D eigenvalue weighted by molar-refractivity contribution is 0.319. The molecule has 78 valence electrons. The van der Waals surface area contributed by atoms with Crippen LogP contribution in [0.25, 0.3) is 0 Å². The van der Waals surface area contributed by atoms with Gasteiger partial charge in [0.25, 0.3) is 0 Å². The van der Waals surface area contributed by atoms with Crippen molar-refractivity contribution in [2.75, 3.05) is 24.3 Å². The lowest BCUT2D eigenvalue weighted by Crippen LogP contribution is -1.99. The van der Waals surface area contributed by atoms with Crippen LogP contribution in [0, 0.1) is 0 Å². The van der Waals surface area contributed by atoms with Crippen LogP contribution in [0.1, 0.15) is 6.42 Å². The van der Waals surface area contributed by atoms with Gasteiger partial charge in [-0.2, -0.15) is 11.8 Å². The molecule has 0 saturated heterocycles. The highest BCUT2D eigenvalue weighted by atomic mass is 79.9. The van der Waals surface area contributed by atoms with Gasteiger partial charge in [-0.05, 0) is 30.6 Å². The maximum absolute atomic E-state index is 5.68. The molecular weight excluding hydrogens is 262 g/mol. The first-order valence-corrected chi connectivity index (χ1v) is 6.59. The summed E-state index contributed by atoms with van der Waals surface area (Å²) in [5.41, 5.74) is 6.40. The molecule has 0 atom stereocenters. The minimum absolute atomic E-state index is 0.722. The first-order valence-electron chi connectivity index (χ1n) is 4.40. The molecule has 0 aliphatic carbocycles. The highest BCUT2D eigenvalue weighted by Gasteiger charge is 1.97. The minimum Gasteiger partial charge on any atom is -0.493 e. The number of nitrogens with two attached hydrogens (primary N) is 1. The molecule has 2 N–H and O–H groups in total. The van der Waals surface area contributed by atoms with Crippen LogP contribution in [0.5, 0.6) is 5.75 Å². The van der Waals surface area contributed by atoms with Gasteiger partial charge in [0.15, 0.2) is 0 Å². The van der Waals surface area contributed by atoms with Crippen molar-refractivity contribution in [2.45, 2.75) is 6.42 Å². The zero-order chi connectivity index (χ0) is 10.4. The van der Waals surface area contributed by atoms with Gasteiger partial charge in [0.05, 0.1) is 6.61 Å². The number of benzene rings is 1. The number of halogens is 1. The smallest absolute Gasteiger partial charge is 0.122 e. The molecule has 0 unspecified atom stereocenters. The van der Waals surface area contributed by atoms with Crippen LogP contribution in [0.2, 0.25) is 0 Å². The van der Waals surface area contributed by atoms with Crippen molar-refractivity contribution in [2.24, 2.45) is 0 Å². The molecule has 14 heavy (non-hydrogen) atoms. The zero-order valence-electron chi connectivity index (χ0n) is 8.13. The third kappa shape index (κ3) is 4.24. The molecule has 0 aliphatic rings. The van der Waals surface area contributed by atoms with Crippen LogP contribution >= 0.6 is 27.7 Å². The first kappa shape index (κ1) is 11.7. The van der Waals surface area contributed by atoms with Gasteiger partial charge in [0.2, 0.25) is 0 Å². The lowest BCUT2D eigenvalue weighted by Gasteiger charge is -2.06. The predicted octanol–water partition coefficient (Wildman–Crippen LogP) is 3.16. The number of anilines is 1. The van der Waals surface area contributed by atoms with E-state index in [-0.39, 0.29) is 0 Å². The average molecular weight is 276 g/mol. The zero-order valence-corrected chi connectivity index (χ0v) is 10.5. The topological polar surface area (TPSA) is 35.2 Å². The van der Waals surface area contributed by atoms with E-state index in [4.69, 9.17) is 10.5 Å². The Hall–Kier alpha value is -0.350. The Kier molecular flexibility index (Phi) is 5.19. The second-order valence-corrected chi connectivity index (χ2v) is 4.82. The Balaban J connectivity index is 2.42. The van der Waals surface area contributed by atoms with Crippen molar-refractivity contribution in [3.8, 4) is 5.75 Å². The number of rotatable bonds is 5. The van der Waals surface area contributed by atoms with E-state index in [1.54, 1.807) is 0 Å². The number of ether oxygens (including phenoxy) is 1. The quantitative estimate of drug-likeness (QED) is 0.662. The van der Waals surface area contributed by atoms with Gasteiger partial charge in [-0.1, -0.05) is 15.9 Å². The van der Waals surface area contributed by atoms with Crippen LogP contribution in [-0.2, 0) is 0 Å². The van der Waals surface area contributed by atoms with Crippen molar-refractivity contribution in [3.63, 3.8) is 0 Å². The predicted molar refractivity (Wildman–Crippen MR) is 67.0 cm³/mol. The van der Waals surface area contributed by atoms with Gasteiger partial charge >= 0.3 is 0 Å². The summed E-state index contributed by atoms with van der Waals surface area (Å²) in [4.78, 5) is 0. The normalized spacial score (nSPS) is 10.1. The van der Waals surface area contributed by atoms with Gasteiger partial charge in [0.1, 0.15) is 5.75 Å². The summed E-state index contributed by atoms with van der Waals surface area (Å²) in [5.74, 6) is 1.96. The van der Waals surface area contributed by atoms with Crippen molar-refractivity contribution >= 4 is 33.4 Å². The molecule has 1 aromatic rings. The largest absolute Gasteiger partial charge is 0.493 e. The Morgan fingerprint density at radius 3 is 2.86 bits per heavy atom. The van der Waals surface area contributed by atoms with E-state index in [9.17, 15) is 0 Å². The molecule has 0 spiro atoms. The van der Waals surface area contributed by atoms with Crippen molar-refractivity contribution in [1.29, 1.82) is 0 Å². The maximum atomic E-state index is 5.68. The van der Waals surface area contributed by atoms with Crippen molar-refractivity contribution < 1.29 is 4.74 Å². The fourth-order valence-electron chi connectivity index (χ4n) is 1.06. The standard InChI is InChI=1S/C10H14BrNOS/c1-14-4-2-3-13-10-6-8(11)5-9(12)7-10/h5-7H,2-4,12H2,1H3. The summed E-state index contributed by atoms with van der Waals surface area (Å²) in [5, 5.41) is 0. The Bertz CT molecular complexity index is 273. The average Bonchev–Trinajstić information content (AvgIpc) is 2.11. The van der Waals surface area contributed by atoms with Gasteiger partial charge in [-0.15, -0.1) is 0 Å². The van der Waals surface area contributed by atoms with Crippen LogP contribution in [-0.4, -0.2) is 18.6 Å². The second kappa shape index (κ2) is 6.19. The van der Waals surface area contributed by atoms with E-state index in [0.29, 0.717) is 0 Å². The Morgan fingerprint density at radius 2 is 2.21 bits per heavy atom. The van der Waals surface area contributed by atoms with E-state index < -0.39 is 0 Å². The molecule has 0 aromatic heterocycles. The van der Waals surface area contributed by atoms with Crippen LogP contribution < -0.4 is 10.5 Å². The molecule has 1 rings (SSSR count). The molecule has 0 fully saturated rings. The van der Waals surface area contributed by atoms with E-state index >= 15 is 0 Å². The fourth-order valence-corrected chi connectivity index (χ4v) is 1.96. The number of nitrogen functional groups attached to an aromatic ring is 1. The monoisotopic (exact) mass is 275 g/mol. The van der Waals surface area contributed by atoms with E-state index in [1.807, 2.05) is 30.0 Å². The Morgan fingerprint density at radius 1 is 1.43 bits per heavy atom. The molecule has 0 amide bonds. The summed E-state index contributed by atoms with van der Waals surface area (Å²) in [7, 11) is 0. The van der Waals surface area contributed by atoms with Gasteiger partial charge in [0, 0.05) is 16.2 Å². The van der Waals surface area contributed by atoms with E-state index in [0.717, 1.165) is 34.7 Å². The van der Waals surface area contributed by atoms with Crippen molar-refractivity contribution in [3.05, 3.63) is 22.7 Å². The highest BCUT2D eigenvalue weighted by molar-refractivity contribution is 9.10. The fraction of sp³-hybridized carbons (Fsp3) is 0.400. The summed E-state index contributed by atoms with van der Waals surface area (Å²) in [6.45, 7) is 0.747. The first-order chi connectivity index (χ1) is 6.72. The van der Waals surface area contributed by atoms with Gasteiger partial charge < -0.3 is 10.5 Å². The molecule has 2 nitrogen and oxygen atoms in total. The summed E-state index contributed by atoms with van der Waals surface area (Å²) in [6, 6.07) is 5.62. The number of hydrogen-bond acceptors (Lipinski definition) is 3. The maximum Gasteiger partial charge on any atom is 0.122 e. The van der Waals surface area contributed by atoms with Crippen molar-refractivity contribution in [1.82, 2.24) is 0 Å².